The van der Waals surface area contributed by atoms with Crippen LogP contribution < -0.4 is 4.74 Å². The van der Waals surface area contributed by atoms with Crippen molar-refractivity contribution in [2.45, 2.75) is 24.7 Å². The molecule has 3 N–H and O–H groups in total. The van der Waals surface area contributed by atoms with Crippen LogP contribution >= 0.6 is 35.6 Å². The van der Waals surface area contributed by atoms with Crippen molar-refractivity contribution in [2.24, 2.45) is 0 Å². The highest BCUT2D eigenvalue weighted by Gasteiger charge is 2.45. The zero-order valence-corrected chi connectivity index (χ0v) is 17.6. The van der Waals surface area contributed by atoms with Gasteiger partial charge in [0, 0.05) is 28.0 Å². The van der Waals surface area contributed by atoms with Crippen LogP contribution in [0.2, 0.25) is 0 Å². The number of halogens is 6. The van der Waals surface area contributed by atoms with Crippen molar-refractivity contribution >= 4 is 45.7 Å². The Labute approximate surface area is 174 Å². The van der Waals surface area contributed by atoms with E-state index < -0.39 is 31.5 Å². The summed E-state index contributed by atoms with van der Waals surface area (Å²) in [6.45, 7) is -0.269. The Hall–Kier alpha value is -1.33. The first-order chi connectivity index (χ1) is 13.5. The van der Waals surface area contributed by atoms with Gasteiger partial charge in [0.25, 0.3) is 0 Å². The molecule has 2 heterocycles. The van der Waals surface area contributed by atoms with E-state index in [1.807, 2.05) is 0 Å². The van der Waals surface area contributed by atoms with Gasteiger partial charge in [-0.15, -0.1) is 11.3 Å². The monoisotopic (exact) mass is 518 g/mol. The minimum atomic E-state index is -4.32. The highest BCUT2D eigenvalue weighted by molar-refractivity contribution is 9.10. The molecule has 3 rings (SSSR count). The minimum Gasteiger partial charge on any atom is -0.492 e. The van der Waals surface area contributed by atoms with Crippen molar-refractivity contribution in [3.05, 3.63) is 33.7 Å². The quantitative estimate of drug-likeness (QED) is 0.200. The maximum Gasteiger partial charge on any atom is 0.389 e. The summed E-state index contributed by atoms with van der Waals surface area (Å²) in [5.41, 5.74) is -2.83. The average Bonchev–Trinajstić information content (AvgIpc) is 3.26. The Morgan fingerprint density at radius 3 is 2.52 bits per heavy atom. The van der Waals surface area contributed by atoms with Crippen LogP contribution in [0.15, 0.2) is 28.9 Å². The first-order valence-electron chi connectivity index (χ1n) is 8.02. The van der Waals surface area contributed by atoms with Gasteiger partial charge in [0.1, 0.15) is 5.75 Å². The van der Waals surface area contributed by atoms with E-state index in [4.69, 9.17) is 14.5 Å². The number of aromatic nitrogens is 2. The number of alkyl halides is 5. The fourth-order valence-corrected chi connectivity index (χ4v) is 5.34. The molecule has 0 unspecified atom stereocenters. The van der Waals surface area contributed by atoms with Crippen LogP contribution in [-0.4, -0.2) is 32.8 Å². The van der Waals surface area contributed by atoms with Crippen LogP contribution in [0.25, 0.3) is 21.3 Å². The smallest absolute Gasteiger partial charge is 0.389 e. The lowest BCUT2D eigenvalue weighted by atomic mass is 10.1. The molecule has 1 aromatic carbocycles. The molecule has 0 aliphatic rings. The number of nitrogens with zero attached hydrogens (tertiary/aromatic N) is 1. The van der Waals surface area contributed by atoms with Gasteiger partial charge in [-0.1, -0.05) is 0 Å². The highest BCUT2D eigenvalue weighted by atomic mass is 79.9. The molecule has 0 aliphatic heterocycles. The molecule has 0 saturated heterocycles. The van der Waals surface area contributed by atoms with Gasteiger partial charge in [-0.3, -0.25) is 5.10 Å². The number of ether oxygens (including phenoxy) is 1. The van der Waals surface area contributed by atoms with Crippen LogP contribution in [0.1, 0.15) is 17.7 Å². The summed E-state index contributed by atoms with van der Waals surface area (Å²) in [5.74, 6) is 0.113. The second-order valence-electron chi connectivity index (χ2n) is 5.96. The normalized spacial score (nSPS) is 12.9. The van der Waals surface area contributed by atoms with Crippen LogP contribution in [0.4, 0.5) is 22.0 Å². The third kappa shape index (κ3) is 4.88. The van der Waals surface area contributed by atoms with Gasteiger partial charge < -0.3 is 14.5 Å². The molecule has 3 aromatic rings. The SMILES string of the molecule is OP(O)C(F)(F)c1sc2c(OCCCC(F)(F)F)cc(-c3ccn[nH]3)cc2c1Br. The van der Waals surface area contributed by atoms with Crippen molar-refractivity contribution in [3.63, 3.8) is 0 Å². The molecule has 29 heavy (non-hydrogen) atoms. The van der Waals surface area contributed by atoms with Gasteiger partial charge in [0.2, 0.25) is 8.38 Å². The van der Waals surface area contributed by atoms with Gasteiger partial charge in [0.05, 0.1) is 21.9 Å². The fourth-order valence-electron chi connectivity index (χ4n) is 2.56. The van der Waals surface area contributed by atoms with Gasteiger partial charge >= 0.3 is 11.8 Å². The van der Waals surface area contributed by atoms with E-state index in [1.165, 1.54) is 12.3 Å². The molecular formula is C16H13BrF5N2O3PS. The van der Waals surface area contributed by atoms with E-state index in [0.29, 0.717) is 28.0 Å². The summed E-state index contributed by atoms with van der Waals surface area (Å²) in [7, 11) is -3.59. The number of thiophene rings is 1. The van der Waals surface area contributed by atoms with Gasteiger partial charge in [-0.25, -0.2) is 0 Å². The number of hydrogen-bond donors (Lipinski definition) is 3. The Morgan fingerprint density at radius 1 is 1.21 bits per heavy atom. The summed E-state index contributed by atoms with van der Waals surface area (Å²) in [6, 6.07) is 4.71. The van der Waals surface area contributed by atoms with E-state index >= 15 is 0 Å². The van der Waals surface area contributed by atoms with E-state index in [0.717, 1.165) is 0 Å². The third-order valence-corrected chi connectivity index (χ3v) is 7.15. The second-order valence-corrected chi connectivity index (χ2v) is 8.92. The summed E-state index contributed by atoms with van der Waals surface area (Å²) in [4.78, 5) is 17.6. The van der Waals surface area contributed by atoms with Crippen molar-refractivity contribution in [3.8, 4) is 17.0 Å². The number of H-pyrrole nitrogens is 1. The molecular weight excluding hydrogens is 506 g/mol. The van der Waals surface area contributed by atoms with Crippen LogP contribution in [-0.2, 0) is 5.66 Å². The summed E-state index contributed by atoms with van der Waals surface area (Å²) < 4.78 is 71.2. The lowest BCUT2D eigenvalue weighted by Crippen LogP contribution is -2.09. The van der Waals surface area contributed by atoms with Crippen molar-refractivity contribution in [2.75, 3.05) is 6.61 Å². The molecule has 0 amide bonds. The molecule has 5 nitrogen and oxygen atoms in total. The molecule has 0 atom stereocenters. The number of nitrogens with one attached hydrogen (secondary N) is 1. The molecule has 0 aliphatic carbocycles. The number of hydrogen-bond acceptors (Lipinski definition) is 5. The highest BCUT2D eigenvalue weighted by Crippen LogP contribution is 2.58. The molecule has 13 heteroatoms. The van der Waals surface area contributed by atoms with Gasteiger partial charge in [0.15, 0.2) is 0 Å². The molecule has 2 aromatic heterocycles. The minimum absolute atomic E-state index is 0.0420. The van der Waals surface area contributed by atoms with Crippen molar-refractivity contribution in [1.82, 2.24) is 10.2 Å². The Morgan fingerprint density at radius 2 is 1.93 bits per heavy atom. The Bertz CT molecular complexity index is 995. The average molecular weight is 519 g/mol. The van der Waals surface area contributed by atoms with Crippen LogP contribution in [0, 0.1) is 0 Å². The summed E-state index contributed by atoms with van der Waals surface area (Å²) in [5, 5.41) is 6.84. The van der Waals surface area contributed by atoms with Crippen LogP contribution in [0.5, 0.6) is 5.75 Å². The molecule has 158 valence electrons. The third-order valence-electron chi connectivity index (χ3n) is 3.89. The van der Waals surface area contributed by atoms with Crippen molar-refractivity contribution in [1.29, 1.82) is 0 Å². The Balaban J connectivity index is 2.04. The largest absolute Gasteiger partial charge is 0.492 e. The number of fused-ring (bicyclic) bond motifs is 1. The van der Waals surface area contributed by atoms with Crippen molar-refractivity contribution < 1.29 is 36.5 Å². The molecule has 0 saturated carbocycles. The lowest BCUT2D eigenvalue weighted by Gasteiger charge is -2.15. The molecule has 0 spiro atoms. The number of aromatic amines is 1. The number of rotatable bonds is 7. The van der Waals surface area contributed by atoms with E-state index in [2.05, 4.69) is 26.1 Å². The Kier molecular flexibility index (Phi) is 6.50. The zero-order chi connectivity index (χ0) is 21.4. The van der Waals surface area contributed by atoms with Gasteiger partial charge in [-0.2, -0.15) is 27.1 Å². The first kappa shape index (κ1) is 22.4. The molecule has 0 fully saturated rings. The molecule has 0 bridgehead atoms. The predicted octanol–water partition coefficient (Wildman–Crippen LogP) is 6.12. The predicted molar refractivity (Wildman–Crippen MR) is 103 cm³/mol. The maximum absolute atomic E-state index is 14.2. The number of benzene rings is 1. The van der Waals surface area contributed by atoms with E-state index in [1.54, 1.807) is 12.1 Å². The first-order valence-corrected chi connectivity index (χ1v) is 10.9. The standard InChI is InChI=1S/C16H13BrF5N2O3PS/c17-12-9-6-8(10-2-4-23-24-10)7-11(27-5-1-3-15(18,19)20)13(9)29-14(12)16(21,22)28(25)26/h2,4,6-7,25-26H,1,3,5H2,(H,23,24). The zero-order valence-electron chi connectivity index (χ0n) is 14.3. The van der Waals surface area contributed by atoms with Gasteiger partial charge in [-0.05, 0) is 40.5 Å². The summed E-state index contributed by atoms with van der Waals surface area (Å²) in [6.07, 6.45) is -4.17. The van der Waals surface area contributed by atoms with Crippen LogP contribution in [0.3, 0.4) is 0 Å². The summed E-state index contributed by atoms with van der Waals surface area (Å²) >= 11 is 3.67. The fraction of sp³-hybridized carbons (Fsp3) is 0.312. The second kappa shape index (κ2) is 8.43. The van der Waals surface area contributed by atoms with E-state index in [-0.39, 0.29) is 27.9 Å². The topological polar surface area (TPSA) is 78.4 Å². The maximum atomic E-state index is 14.2. The van der Waals surface area contributed by atoms with E-state index in [9.17, 15) is 22.0 Å². The lowest BCUT2D eigenvalue weighted by molar-refractivity contribution is -0.136. The molecule has 0 radical (unpaired) electrons.